The summed E-state index contributed by atoms with van der Waals surface area (Å²) in [5.74, 6) is 0. The summed E-state index contributed by atoms with van der Waals surface area (Å²) in [5, 5.41) is 8.67. The molecule has 0 amide bonds. The second kappa shape index (κ2) is 6.67. The molecule has 2 heterocycles. The standard InChI is InChI=1S/C17H23N3S/c1-3-16(18-4-2)14-10-19-20(11-14)12-15-9-13-7-5-6-8-17(13)21-15/h5-8,10-11,15-16,18H,3-4,9,12H2,1-2H3. The third-order valence-electron chi connectivity index (χ3n) is 4.02. The molecule has 2 aromatic rings. The SMILES string of the molecule is CCNC(CC)c1cnn(CC2Cc3ccccc3S2)c1. The van der Waals surface area contributed by atoms with Gasteiger partial charge >= 0.3 is 0 Å². The lowest BCUT2D eigenvalue weighted by molar-refractivity contribution is 0.535. The van der Waals surface area contributed by atoms with E-state index in [1.807, 2.05) is 18.0 Å². The van der Waals surface area contributed by atoms with Gasteiger partial charge in [0.25, 0.3) is 0 Å². The Labute approximate surface area is 131 Å². The predicted molar refractivity (Wildman–Crippen MR) is 88.7 cm³/mol. The predicted octanol–water partition coefficient (Wildman–Crippen LogP) is 3.66. The minimum Gasteiger partial charge on any atom is -0.310 e. The van der Waals surface area contributed by atoms with Gasteiger partial charge in [0.05, 0.1) is 12.7 Å². The maximum absolute atomic E-state index is 4.56. The fraction of sp³-hybridized carbons (Fsp3) is 0.471. The zero-order chi connectivity index (χ0) is 14.7. The molecule has 0 fully saturated rings. The van der Waals surface area contributed by atoms with Crippen LogP contribution in [0, 0.1) is 0 Å². The van der Waals surface area contributed by atoms with Crippen LogP contribution in [0.4, 0.5) is 0 Å². The highest BCUT2D eigenvalue weighted by molar-refractivity contribution is 8.00. The average Bonchev–Trinajstić information content (AvgIpc) is 3.11. The van der Waals surface area contributed by atoms with E-state index in [2.05, 4.69) is 59.4 Å². The largest absolute Gasteiger partial charge is 0.310 e. The quantitative estimate of drug-likeness (QED) is 0.883. The number of thioether (sulfide) groups is 1. The van der Waals surface area contributed by atoms with Crippen molar-refractivity contribution in [2.45, 2.75) is 49.4 Å². The molecule has 0 saturated carbocycles. The van der Waals surface area contributed by atoms with Crippen LogP contribution in [0.2, 0.25) is 0 Å². The van der Waals surface area contributed by atoms with Gasteiger partial charge in [-0.15, -0.1) is 11.8 Å². The van der Waals surface area contributed by atoms with Crippen LogP contribution in [0.1, 0.15) is 37.4 Å². The maximum atomic E-state index is 4.56. The molecule has 21 heavy (non-hydrogen) atoms. The normalized spacial score (nSPS) is 18.7. The van der Waals surface area contributed by atoms with Crippen molar-refractivity contribution in [2.75, 3.05) is 6.54 Å². The van der Waals surface area contributed by atoms with Crippen LogP contribution >= 0.6 is 11.8 Å². The molecule has 4 heteroatoms. The van der Waals surface area contributed by atoms with Crippen LogP contribution in [-0.4, -0.2) is 21.6 Å². The van der Waals surface area contributed by atoms with Gasteiger partial charge in [-0.3, -0.25) is 4.68 Å². The van der Waals surface area contributed by atoms with E-state index in [0.29, 0.717) is 11.3 Å². The molecule has 2 unspecified atom stereocenters. The van der Waals surface area contributed by atoms with Crippen molar-refractivity contribution in [3.63, 3.8) is 0 Å². The molecule has 0 aliphatic carbocycles. The van der Waals surface area contributed by atoms with Crippen LogP contribution in [0.3, 0.4) is 0 Å². The number of nitrogens with one attached hydrogen (secondary N) is 1. The van der Waals surface area contributed by atoms with E-state index < -0.39 is 0 Å². The van der Waals surface area contributed by atoms with Crippen molar-refractivity contribution in [2.24, 2.45) is 0 Å². The summed E-state index contributed by atoms with van der Waals surface area (Å²) in [6.07, 6.45) is 6.48. The second-order valence-corrected chi connectivity index (χ2v) is 6.91. The van der Waals surface area contributed by atoms with Crippen LogP contribution in [0.25, 0.3) is 0 Å². The maximum Gasteiger partial charge on any atom is 0.0537 e. The zero-order valence-electron chi connectivity index (χ0n) is 12.7. The lowest BCUT2D eigenvalue weighted by atomic mass is 10.1. The Morgan fingerprint density at radius 1 is 1.38 bits per heavy atom. The summed E-state index contributed by atoms with van der Waals surface area (Å²) < 4.78 is 2.11. The summed E-state index contributed by atoms with van der Waals surface area (Å²) in [7, 11) is 0. The molecular weight excluding hydrogens is 278 g/mol. The van der Waals surface area contributed by atoms with Gasteiger partial charge in [0, 0.05) is 27.9 Å². The fourth-order valence-electron chi connectivity index (χ4n) is 2.97. The molecule has 3 rings (SSSR count). The lowest BCUT2D eigenvalue weighted by Crippen LogP contribution is -2.19. The van der Waals surface area contributed by atoms with Crippen molar-refractivity contribution in [3.05, 3.63) is 47.8 Å². The summed E-state index contributed by atoms with van der Waals surface area (Å²) in [6, 6.07) is 9.16. The first-order chi connectivity index (χ1) is 10.3. The topological polar surface area (TPSA) is 29.9 Å². The first-order valence-electron chi connectivity index (χ1n) is 7.80. The molecule has 1 aromatic carbocycles. The van der Waals surface area contributed by atoms with E-state index in [1.165, 1.54) is 16.0 Å². The summed E-state index contributed by atoms with van der Waals surface area (Å²) in [6.45, 7) is 6.35. The molecule has 3 nitrogen and oxygen atoms in total. The van der Waals surface area contributed by atoms with Crippen molar-refractivity contribution >= 4 is 11.8 Å². The monoisotopic (exact) mass is 301 g/mol. The molecule has 2 atom stereocenters. The molecule has 0 spiro atoms. The Bertz CT molecular complexity index is 568. The van der Waals surface area contributed by atoms with Gasteiger partial charge in [0.15, 0.2) is 0 Å². The van der Waals surface area contributed by atoms with E-state index in [0.717, 1.165) is 25.9 Å². The smallest absolute Gasteiger partial charge is 0.0537 e. The highest BCUT2D eigenvalue weighted by atomic mass is 32.2. The van der Waals surface area contributed by atoms with Gasteiger partial charge in [-0.05, 0) is 31.0 Å². The molecule has 1 N–H and O–H groups in total. The third-order valence-corrected chi connectivity index (χ3v) is 5.32. The Morgan fingerprint density at radius 2 is 2.24 bits per heavy atom. The van der Waals surface area contributed by atoms with Crippen molar-refractivity contribution in [3.8, 4) is 0 Å². The van der Waals surface area contributed by atoms with Crippen LogP contribution in [-0.2, 0) is 13.0 Å². The van der Waals surface area contributed by atoms with E-state index in [1.54, 1.807) is 0 Å². The van der Waals surface area contributed by atoms with E-state index in [-0.39, 0.29) is 0 Å². The Balaban J connectivity index is 1.63. The number of aromatic nitrogens is 2. The summed E-state index contributed by atoms with van der Waals surface area (Å²) in [4.78, 5) is 1.44. The number of nitrogens with zero attached hydrogens (tertiary/aromatic N) is 2. The summed E-state index contributed by atoms with van der Waals surface area (Å²) >= 11 is 1.99. The lowest BCUT2D eigenvalue weighted by Gasteiger charge is -2.13. The Kier molecular flexibility index (Phi) is 4.66. The fourth-order valence-corrected chi connectivity index (χ4v) is 4.28. The molecular formula is C17H23N3S. The van der Waals surface area contributed by atoms with Crippen molar-refractivity contribution in [1.29, 1.82) is 0 Å². The number of fused-ring (bicyclic) bond motifs is 1. The van der Waals surface area contributed by atoms with Crippen molar-refractivity contribution < 1.29 is 0 Å². The van der Waals surface area contributed by atoms with Gasteiger partial charge in [0.1, 0.15) is 0 Å². The summed E-state index contributed by atoms with van der Waals surface area (Å²) in [5.41, 5.74) is 2.79. The Morgan fingerprint density at radius 3 is 3.00 bits per heavy atom. The van der Waals surface area contributed by atoms with Gasteiger partial charge in [0.2, 0.25) is 0 Å². The minimum atomic E-state index is 0.428. The average molecular weight is 301 g/mol. The number of hydrogen-bond donors (Lipinski definition) is 1. The van der Waals surface area contributed by atoms with Crippen LogP contribution in [0.5, 0.6) is 0 Å². The molecule has 1 aromatic heterocycles. The highest BCUT2D eigenvalue weighted by Gasteiger charge is 2.22. The van der Waals surface area contributed by atoms with E-state index >= 15 is 0 Å². The number of benzene rings is 1. The third kappa shape index (κ3) is 3.33. The first kappa shape index (κ1) is 14.7. The Hall–Kier alpha value is -1.26. The highest BCUT2D eigenvalue weighted by Crippen LogP contribution is 2.37. The molecule has 0 radical (unpaired) electrons. The van der Waals surface area contributed by atoms with E-state index in [4.69, 9.17) is 0 Å². The molecule has 1 aliphatic heterocycles. The minimum absolute atomic E-state index is 0.428. The van der Waals surface area contributed by atoms with Crippen molar-refractivity contribution in [1.82, 2.24) is 15.1 Å². The molecule has 112 valence electrons. The van der Waals surface area contributed by atoms with Gasteiger partial charge < -0.3 is 5.32 Å². The molecule has 0 bridgehead atoms. The zero-order valence-corrected chi connectivity index (χ0v) is 13.6. The van der Waals surface area contributed by atoms with E-state index in [9.17, 15) is 0 Å². The molecule has 1 aliphatic rings. The molecule has 0 saturated heterocycles. The second-order valence-electron chi connectivity index (χ2n) is 5.57. The number of rotatable bonds is 6. The van der Waals surface area contributed by atoms with Gasteiger partial charge in [-0.1, -0.05) is 32.0 Å². The van der Waals surface area contributed by atoms with Crippen LogP contribution < -0.4 is 5.32 Å². The first-order valence-corrected chi connectivity index (χ1v) is 8.68. The number of hydrogen-bond acceptors (Lipinski definition) is 3. The van der Waals surface area contributed by atoms with Crippen LogP contribution in [0.15, 0.2) is 41.6 Å². The van der Waals surface area contributed by atoms with Gasteiger partial charge in [-0.25, -0.2) is 0 Å². The van der Waals surface area contributed by atoms with Gasteiger partial charge in [-0.2, -0.15) is 5.10 Å².